The van der Waals surface area contributed by atoms with Gasteiger partial charge in [-0.3, -0.25) is 19.7 Å². The smallest absolute Gasteiger partial charge is 0.255 e. The molecule has 2 heterocycles. The summed E-state index contributed by atoms with van der Waals surface area (Å²) in [6.07, 6.45) is 2.64. The molecule has 0 aromatic heterocycles. The van der Waals surface area contributed by atoms with E-state index in [1.54, 1.807) is 4.90 Å². The Bertz CT molecular complexity index is 1060. The molecule has 3 aliphatic rings. The van der Waals surface area contributed by atoms with Crippen molar-refractivity contribution in [1.82, 2.24) is 10.2 Å². The molecule has 2 unspecified atom stereocenters. The van der Waals surface area contributed by atoms with Gasteiger partial charge in [0.15, 0.2) is 0 Å². The van der Waals surface area contributed by atoms with Crippen LogP contribution >= 0.6 is 0 Å². The maximum Gasteiger partial charge on any atom is 0.255 e. The second kappa shape index (κ2) is 7.25. The van der Waals surface area contributed by atoms with Crippen LogP contribution in [-0.4, -0.2) is 28.7 Å². The normalized spacial score (nSPS) is 22.7. The molecule has 1 saturated heterocycles. The molecule has 5 rings (SSSR count). The van der Waals surface area contributed by atoms with Crippen molar-refractivity contribution in [2.45, 2.75) is 50.9 Å². The van der Waals surface area contributed by atoms with E-state index < -0.39 is 6.04 Å². The van der Waals surface area contributed by atoms with E-state index in [9.17, 15) is 14.4 Å². The minimum absolute atomic E-state index is 0.0995. The van der Waals surface area contributed by atoms with Gasteiger partial charge < -0.3 is 16.0 Å². The number of nitrogens with one attached hydrogen (secondary N) is 2. The highest BCUT2D eigenvalue weighted by molar-refractivity contribution is 6.05. The van der Waals surface area contributed by atoms with Crippen molar-refractivity contribution in [3.05, 3.63) is 64.2 Å². The van der Waals surface area contributed by atoms with Gasteiger partial charge in [-0.2, -0.15) is 0 Å². The number of rotatable bonds is 4. The van der Waals surface area contributed by atoms with Crippen molar-refractivity contribution < 1.29 is 14.4 Å². The Morgan fingerprint density at radius 1 is 1.10 bits per heavy atom. The zero-order chi connectivity index (χ0) is 20.8. The lowest BCUT2D eigenvalue weighted by atomic mass is 10.0. The summed E-state index contributed by atoms with van der Waals surface area (Å²) < 4.78 is 0. The fourth-order valence-electron chi connectivity index (χ4n) is 4.76. The lowest BCUT2D eigenvalue weighted by molar-refractivity contribution is -0.136. The lowest BCUT2D eigenvalue weighted by Gasteiger charge is -2.29. The van der Waals surface area contributed by atoms with Gasteiger partial charge in [0.05, 0.1) is 0 Å². The van der Waals surface area contributed by atoms with Gasteiger partial charge in [-0.1, -0.05) is 18.2 Å². The van der Waals surface area contributed by atoms with Crippen LogP contribution in [0, 0.1) is 0 Å². The van der Waals surface area contributed by atoms with E-state index in [1.807, 2.05) is 18.2 Å². The first-order valence-electron chi connectivity index (χ1n) is 10.4. The number of hydrogen-bond acceptors (Lipinski definition) is 5. The third-order valence-corrected chi connectivity index (χ3v) is 6.43. The fourth-order valence-corrected chi connectivity index (χ4v) is 4.76. The molecule has 0 radical (unpaired) electrons. The maximum atomic E-state index is 12.9. The van der Waals surface area contributed by atoms with E-state index in [1.165, 1.54) is 11.1 Å². The molecule has 7 nitrogen and oxygen atoms in total. The summed E-state index contributed by atoms with van der Waals surface area (Å²) in [7, 11) is 0. The summed E-state index contributed by atoms with van der Waals surface area (Å²) >= 11 is 0. The number of carbonyl (C=O) groups excluding carboxylic acids is 3. The van der Waals surface area contributed by atoms with Crippen LogP contribution in [0.2, 0.25) is 0 Å². The summed E-state index contributed by atoms with van der Waals surface area (Å²) in [5.41, 5.74) is 12.3. The molecule has 7 heteroatoms. The van der Waals surface area contributed by atoms with E-state index >= 15 is 0 Å². The van der Waals surface area contributed by atoms with E-state index in [2.05, 4.69) is 28.8 Å². The fraction of sp³-hybridized carbons (Fsp3) is 0.348. The van der Waals surface area contributed by atoms with Gasteiger partial charge >= 0.3 is 0 Å². The van der Waals surface area contributed by atoms with E-state index in [-0.39, 0.29) is 30.2 Å². The lowest BCUT2D eigenvalue weighted by Crippen LogP contribution is -2.52. The van der Waals surface area contributed by atoms with Crippen molar-refractivity contribution in [3.8, 4) is 0 Å². The second-order valence-corrected chi connectivity index (χ2v) is 8.26. The van der Waals surface area contributed by atoms with Crippen LogP contribution in [0.5, 0.6) is 0 Å². The number of nitrogens with two attached hydrogens (primary N) is 1. The molecule has 0 saturated carbocycles. The van der Waals surface area contributed by atoms with Crippen LogP contribution < -0.4 is 16.4 Å². The molecule has 1 fully saturated rings. The number of imide groups is 1. The summed E-state index contributed by atoms with van der Waals surface area (Å²) in [6.45, 7) is 0.959. The van der Waals surface area contributed by atoms with Crippen molar-refractivity contribution in [2.75, 3.05) is 5.32 Å². The minimum atomic E-state index is -0.596. The van der Waals surface area contributed by atoms with E-state index in [0.29, 0.717) is 25.1 Å². The van der Waals surface area contributed by atoms with Crippen LogP contribution in [-0.2, 0) is 29.1 Å². The molecule has 30 heavy (non-hydrogen) atoms. The Hall–Kier alpha value is -3.19. The number of piperidine rings is 1. The molecule has 2 atom stereocenters. The molecular formula is C23H24N4O3. The van der Waals surface area contributed by atoms with Crippen molar-refractivity contribution in [3.63, 3.8) is 0 Å². The minimum Gasteiger partial charge on any atom is -0.381 e. The average Bonchev–Trinajstić information content (AvgIpc) is 3.27. The largest absolute Gasteiger partial charge is 0.381 e. The molecular weight excluding hydrogens is 380 g/mol. The average molecular weight is 404 g/mol. The second-order valence-electron chi connectivity index (χ2n) is 8.26. The summed E-state index contributed by atoms with van der Waals surface area (Å²) in [5, 5.41) is 5.80. The molecule has 1 aliphatic carbocycles. The summed E-state index contributed by atoms with van der Waals surface area (Å²) in [6, 6.07) is 11.5. The van der Waals surface area contributed by atoms with Gasteiger partial charge in [0.2, 0.25) is 11.8 Å². The first-order valence-corrected chi connectivity index (χ1v) is 10.4. The molecule has 2 aromatic carbocycles. The highest BCUT2D eigenvalue weighted by Crippen LogP contribution is 2.33. The van der Waals surface area contributed by atoms with Gasteiger partial charge in [-0.25, -0.2) is 0 Å². The van der Waals surface area contributed by atoms with Gasteiger partial charge in [-0.05, 0) is 59.7 Å². The molecule has 4 N–H and O–H groups in total. The number of carbonyl (C=O) groups is 3. The Balaban J connectivity index is 1.34. The highest BCUT2D eigenvalue weighted by Gasteiger charge is 2.39. The number of hydrogen-bond donors (Lipinski definition) is 3. The number of fused-ring (bicyclic) bond motifs is 2. The zero-order valence-corrected chi connectivity index (χ0v) is 16.6. The van der Waals surface area contributed by atoms with Crippen LogP contribution in [0.1, 0.15) is 57.9 Å². The number of aryl methyl sites for hydroxylation is 1. The standard InChI is InChI=1S/C23H24N4O3/c24-19-7-5-13-4-6-15(10-17(13)19)25-11-14-2-1-3-16-18(14)12-27(23(16)30)20-8-9-21(28)26-22(20)29/h1-4,6,10,19-20,25H,5,7-9,11-12,24H2,(H,26,28,29). The Kier molecular flexibility index (Phi) is 4.55. The van der Waals surface area contributed by atoms with Crippen LogP contribution in [0.15, 0.2) is 36.4 Å². The number of anilines is 1. The van der Waals surface area contributed by atoms with Crippen molar-refractivity contribution in [2.24, 2.45) is 5.73 Å². The predicted octanol–water partition coefficient (Wildman–Crippen LogP) is 2.01. The van der Waals surface area contributed by atoms with Crippen LogP contribution in [0.25, 0.3) is 0 Å². The first kappa shape index (κ1) is 18.8. The third-order valence-electron chi connectivity index (χ3n) is 6.43. The number of amides is 3. The molecule has 0 spiro atoms. The van der Waals surface area contributed by atoms with E-state index in [0.717, 1.165) is 29.7 Å². The Morgan fingerprint density at radius 2 is 1.97 bits per heavy atom. The monoisotopic (exact) mass is 404 g/mol. The maximum absolute atomic E-state index is 12.9. The van der Waals surface area contributed by atoms with Crippen LogP contribution in [0.4, 0.5) is 5.69 Å². The SMILES string of the molecule is NC1CCc2ccc(NCc3cccc4c3CN(C3CCC(=O)NC3=O)C4=O)cc21. The van der Waals surface area contributed by atoms with Crippen LogP contribution in [0.3, 0.4) is 0 Å². The summed E-state index contributed by atoms with van der Waals surface area (Å²) in [4.78, 5) is 38.2. The predicted molar refractivity (Wildman–Crippen MR) is 112 cm³/mol. The number of nitrogens with zero attached hydrogens (tertiary/aromatic N) is 1. The van der Waals surface area contributed by atoms with Gasteiger partial charge in [-0.15, -0.1) is 0 Å². The quantitative estimate of drug-likeness (QED) is 0.676. The van der Waals surface area contributed by atoms with Gasteiger partial charge in [0.25, 0.3) is 5.91 Å². The zero-order valence-electron chi connectivity index (χ0n) is 16.6. The Morgan fingerprint density at radius 3 is 2.80 bits per heavy atom. The van der Waals surface area contributed by atoms with Gasteiger partial charge in [0.1, 0.15) is 6.04 Å². The third kappa shape index (κ3) is 3.15. The topological polar surface area (TPSA) is 105 Å². The van der Waals surface area contributed by atoms with Crippen molar-refractivity contribution >= 4 is 23.4 Å². The van der Waals surface area contributed by atoms with Crippen molar-refractivity contribution in [1.29, 1.82) is 0 Å². The number of benzene rings is 2. The highest BCUT2D eigenvalue weighted by atomic mass is 16.2. The first-order chi connectivity index (χ1) is 14.5. The Labute approximate surface area is 174 Å². The molecule has 0 bridgehead atoms. The molecule has 154 valence electrons. The van der Waals surface area contributed by atoms with E-state index in [4.69, 9.17) is 5.73 Å². The molecule has 2 aromatic rings. The molecule has 2 aliphatic heterocycles. The van der Waals surface area contributed by atoms with Gasteiger partial charge in [0, 0.05) is 36.8 Å². The molecule has 3 amide bonds. The summed E-state index contributed by atoms with van der Waals surface area (Å²) in [5.74, 6) is -0.814.